The van der Waals surface area contributed by atoms with Crippen LogP contribution in [0.15, 0.2) is 4.99 Å². The highest BCUT2D eigenvalue weighted by molar-refractivity contribution is 14.0. The molecule has 0 unspecified atom stereocenters. The van der Waals surface area contributed by atoms with Gasteiger partial charge in [0.1, 0.15) is 0 Å². The van der Waals surface area contributed by atoms with E-state index >= 15 is 0 Å². The van der Waals surface area contributed by atoms with Crippen molar-refractivity contribution in [2.24, 2.45) is 16.1 Å². The summed E-state index contributed by atoms with van der Waals surface area (Å²) in [4.78, 5) is 18.1. The summed E-state index contributed by atoms with van der Waals surface area (Å²) in [6.07, 6.45) is 7.55. The molecule has 0 aromatic rings. The molecule has 2 rings (SSSR count). The Labute approximate surface area is 174 Å². The van der Waals surface area contributed by atoms with Crippen LogP contribution in [-0.4, -0.2) is 63.0 Å². The lowest BCUT2D eigenvalue weighted by Crippen LogP contribution is -2.48. The molecule has 0 aromatic heterocycles. The van der Waals surface area contributed by atoms with Gasteiger partial charge in [-0.1, -0.05) is 12.8 Å². The molecule has 1 saturated carbocycles. The summed E-state index contributed by atoms with van der Waals surface area (Å²) in [5, 5.41) is 3.33. The number of carbonyl (C=O) groups is 1. The van der Waals surface area contributed by atoms with Crippen LogP contribution in [0.25, 0.3) is 0 Å². The predicted octanol–water partition coefficient (Wildman–Crippen LogP) is 2.73. The second kappa shape index (κ2) is 11.8. The second-order valence-electron chi connectivity index (χ2n) is 7.26. The van der Waals surface area contributed by atoms with Crippen LogP contribution < -0.4 is 11.1 Å². The molecule has 8 heteroatoms. The summed E-state index contributed by atoms with van der Waals surface area (Å²) >= 11 is 0. The van der Waals surface area contributed by atoms with Crippen molar-refractivity contribution in [2.75, 3.05) is 40.0 Å². The standard InChI is InChI=1S/C18H34N4O3.HI/c1-3-25-17(23)22-11-6-15(7-12-22)21-16(19)20-14-18(10-13-24-2)8-4-5-9-18;/h15H,3-14H2,1-2H3,(H3,19,20,21);1H. The van der Waals surface area contributed by atoms with E-state index in [1.807, 2.05) is 6.92 Å². The van der Waals surface area contributed by atoms with Gasteiger partial charge in [0.15, 0.2) is 5.96 Å². The van der Waals surface area contributed by atoms with Gasteiger partial charge in [-0.15, -0.1) is 24.0 Å². The zero-order valence-electron chi connectivity index (χ0n) is 16.2. The number of hydrogen-bond acceptors (Lipinski definition) is 4. The first kappa shape index (κ1) is 23.3. The van der Waals surface area contributed by atoms with Gasteiger partial charge >= 0.3 is 6.09 Å². The van der Waals surface area contributed by atoms with Crippen LogP contribution in [0.1, 0.15) is 51.9 Å². The fourth-order valence-electron chi connectivity index (χ4n) is 3.86. The maximum absolute atomic E-state index is 11.7. The fraction of sp³-hybridized carbons (Fsp3) is 0.889. The normalized spacial score (nSPS) is 20.5. The molecular weight excluding hydrogens is 447 g/mol. The van der Waals surface area contributed by atoms with Gasteiger partial charge in [-0.2, -0.15) is 0 Å². The number of nitrogens with one attached hydrogen (secondary N) is 1. The van der Waals surface area contributed by atoms with E-state index < -0.39 is 0 Å². The maximum atomic E-state index is 11.7. The van der Waals surface area contributed by atoms with Crippen molar-refractivity contribution in [3.05, 3.63) is 0 Å². The molecule has 0 aromatic carbocycles. The molecular formula is C18H35IN4O3. The summed E-state index contributed by atoms with van der Waals surface area (Å²) in [6, 6.07) is 0.271. The number of ether oxygens (including phenoxy) is 2. The lowest BCUT2D eigenvalue weighted by atomic mass is 9.83. The number of piperidine rings is 1. The van der Waals surface area contributed by atoms with Crippen molar-refractivity contribution in [3.63, 3.8) is 0 Å². The topological polar surface area (TPSA) is 89.2 Å². The molecule has 2 aliphatic rings. The van der Waals surface area contributed by atoms with Crippen molar-refractivity contribution in [3.8, 4) is 0 Å². The Balaban J connectivity index is 0.00000338. The Hall–Kier alpha value is -0.770. The SMILES string of the molecule is CCOC(=O)N1CCC(NC(N)=NCC2(CCOC)CCCC2)CC1.I. The minimum atomic E-state index is -0.219. The smallest absolute Gasteiger partial charge is 0.409 e. The molecule has 26 heavy (non-hydrogen) atoms. The zero-order chi connectivity index (χ0) is 18.1. The maximum Gasteiger partial charge on any atom is 0.409 e. The van der Waals surface area contributed by atoms with Gasteiger partial charge in [0, 0.05) is 39.4 Å². The van der Waals surface area contributed by atoms with E-state index in [-0.39, 0.29) is 41.5 Å². The first-order chi connectivity index (χ1) is 12.1. The monoisotopic (exact) mass is 482 g/mol. The molecule has 1 saturated heterocycles. The summed E-state index contributed by atoms with van der Waals surface area (Å²) in [5.74, 6) is 0.526. The van der Waals surface area contributed by atoms with Gasteiger partial charge in [0.05, 0.1) is 6.61 Å². The van der Waals surface area contributed by atoms with Crippen LogP contribution >= 0.6 is 24.0 Å². The molecule has 0 radical (unpaired) electrons. The van der Waals surface area contributed by atoms with Gasteiger partial charge in [0.2, 0.25) is 0 Å². The van der Waals surface area contributed by atoms with Crippen LogP contribution in [0.3, 0.4) is 0 Å². The first-order valence-electron chi connectivity index (χ1n) is 9.55. The number of likely N-dealkylation sites (tertiary alicyclic amines) is 1. The van der Waals surface area contributed by atoms with Gasteiger partial charge in [-0.25, -0.2) is 4.79 Å². The number of aliphatic imine (C=N–C) groups is 1. The molecule has 1 aliphatic heterocycles. The number of guanidine groups is 1. The third-order valence-corrected chi connectivity index (χ3v) is 5.46. The Morgan fingerprint density at radius 1 is 1.31 bits per heavy atom. The van der Waals surface area contributed by atoms with Crippen LogP contribution in [0.2, 0.25) is 0 Å². The van der Waals surface area contributed by atoms with Gasteiger partial charge in [-0.3, -0.25) is 4.99 Å². The van der Waals surface area contributed by atoms with Gasteiger partial charge in [-0.05, 0) is 44.4 Å². The average molecular weight is 482 g/mol. The summed E-state index contributed by atoms with van der Waals surface area (Å²) in [6.45, 7) is 5.20. The Bertz CT molecular complexity index is 448. The van der Waals surface area contributed by atoms with E-state index in [4.69, 9.17) is 15.2 Å². The largest absolute Gasteiger partial charge is 0.450 e. The van der Waals surface area contributed by atoms with Crippen molar-refractivity contribution in [1.29, 1.82) is 0 Å². The minimum Gasteiger partial charge on any atom is -0.450 e. The number of nitrogens with two attached hydrogens (primary N) is 1. The number of hydrogen-bond donors (Lipinski definition) is 2. The highest BCUT2D eigenvalue weighted by Gasteiger charge is 2.33. The van der Waals surface area contributed by atoms with E-state index in [0.717, 1.165) is 32.4 Å². The Morgan fingerprint density at radius 3 is 2.54 bits per heavy atom. The number of amides is 1. The van der Waals surface area contributed by atoms with Crippen molar-refractivity contribution in [2.45, 2.75) is 57.9 Å². The molecule has 7 nitrogen and oxygen atoms in total. The highest BCUT2D eigenvalue weighted by Crippen LogP contribution is 2.41. The van der Waals surface area contributed by atoms with E-state index in [1.54, 1.807) is 12.0 Å². The third-order valence-electron chi connectivity index (χ3n) is 5.46. The lowest BCUT2D eigenvalue weighted by molar-refractivity contribution is 0.0963. The molecule has 2 fully saturated rings. The van der Waals surface area contributed by atoms with Crippen LogP contribution in [0, 0.1) is 5.41 Å². The van der Waals surface area contributed by atoms with Gasteiger partial charge in [0.25, 0.3) is 0 Å². The summed E-state index contributed by atoms with van der Waals surface area (Å²) in [5.41, 5.74) is 6.37. The van der Waals surface area contributed by atoms with Crippen molar-refractivity contribution >= 4 is 36.0 Å². The average Bonchev–Trinajstić information content (AvgIpc) is 3.08. The molecule has 1 amide bonds. The van der Waals surface area contributed by atoms with E-state index in [2.05, 4.69) is 10.3 Å². The fourth-order valence-corrected chi connectivity index (χ4v) is 3.86. The Kier molecular flexibility index (Phi) is 10.6. The lowest BCUT2D eigenvalue weighted by Gasteiger charge is -2.32. The first-order valence-corrected chi connectivity index (χ1v) is 9.55. The van der Waals surface area contributed by atoms with Crippen LogP contribution in [-0.2, 0) is 9.47 Å². The number of halogens is 1. The minimum absolute atomic E-state index is 0. The van der Waals surface area contributed by atoms with E-state index in [0.29, 0.717) is 25.7 Å². The highest BCUT2D eigenvalue weighted by atomic mass is 127. The van der Waals surface area contributed by atoms with Gasteiger partial charge < -0.3 is 25.4 Å². The molecule has 0 atom stereocenters. The molecule has 3 N–H and O–H groups in total. The Morgan fingerprint density at radius 2 is 1.96 bits per heavy atom. The van der Waals surface area contributed by atoms with Crippen LogP contribution in [0.5, 0.6) is 0 Å². The number of methoxy groups -OCH3 is 1. The quantitative estimate of drug-likeness (QED) is 0.331. The third kappa shape index (κ3) is 7.09. The number of nitrogens with zero attached hydrogens (tertiary/aromatic N) is 2. The summed E-state index contributed by atoms with van der Waals surface area (Å²) in [7, 11) is 1.75. The number of carbonyl (C=O) groups excluding carboxylic acids is 1. The molecule has 1 heterocycles. The van der Waals surface area contributed by atoms with Crippen molar-refractivity contribution in [1.82, 2.24) is 10.2 Å². The van der Waals surface area contributed by atoms with E-state index in [9.17, 15) is 4.79 Å². The second-order valence-corrected chi connectivity index (χ2v) is 7.26. The van der Waals surface area contributed by atoms with Crippen LogP contribution in [0.4, 0.5) is 4.79 Å². The molecule has 0 bridgehead atoms. The molecule has 0 spiro atoms. The van der Waals surface area contributed by atoms with Crippen molar-refractivity contribution < 1.29 is 14.3 Å². The zero-order valence-corrected chi connectivity index (χ0v) is 18.5. The van der Waals surface area contributed by atoms with E-state index in [1.165, 1.54) is 25.7 Å². The predicted molar refractivity (Wildman–Crippen MR) is 114 cm³/mol. The number of rotatable bonds is 7. The molecule has 152 valence electrons. The summed E-state index contributed by atoms with van der Waals surface area (Å²) < 4.78 is 10.3. The molecule has 1 aliphatic carbocycles.